The van der Waals surface area contributed by atoms with Gasteiger partial charge in [0.05, 0.1) is 4.90 Å². The van der Waals surface area contributed by atoms with Crippen molar-refractivity contribution in [2.45, 2.75) is 31.6 Å². The first-order valence-corrected chi connectivity index (χ1v) is 11.5. The molecule has 0 unspecified atom stereocenters. The quantitative estimate of drug-likeness (QED) is 0.626. The van der Waals surface area contributed by atoms with Crippen LogP contribution in [0.3, 0.4) is 0 Å². The summed E-state index contributed by atoms with van der Waals surface area (Å²) in [4.78, 5) is 24.1. The van der Waals surface area contributed by atoms with Gasteiger partial charge >= 0.3 is 5.97 Å². The van der Waals surface area contributed by atoms with Crippen molar-refractivity contribution in [2.24, 2.45) is 0 Å². The van der Waals surface area contributed by atoms with E-state index < -0.39 is 28.5 Å². The predicted molar refractivity (Wildman–Crippen MR) is 115 cm³/mol. The van der Waals surface area contributed by atoms with E-state index in [9.17, 15) is 18.0 Å². The van der Waals surface area contributed by atoms with Crippen LogP contribution < -0.4 is 10.1 Å². The van der Waals surface area contributed by atoms with Crippen molar-refractivity contribution in [2.75, 3.05) is 31.6 Å². The number of nitrogens with one attached hydrogen (secondary N) is 1. The van der Waals surface area contributed by atoms with E-state index in [1.807, 2.05) is 32.0 Å². The average Bonchev–Trinajstić information content (AvgIpc) is 3.29. The molecule has 1 fully saturated rings. The van der Waals surface area contributed by atoms with Crippen LogP contribution >= 0.6 is 0 Å². The van der Waals surface area contributed by atoms with Crippen LogP contribution in [0.2, 0.25) is 0 Å². The Labute approximate surface area is 182 Å². The van der Waals surface area contributed by atoms with Gasteiger partial charge < -0.3 is 14.8 Å². The molecule has 0 aromatic heterocycles. The van der Waals surface area contributed by atoms with Crippen molar-refractivity contribution >= 4 is 27.6 Å². The molecule has 3 rings (SSSR count). The molecule has 1 N–H and O–H groups in total. The van der Waals surface area contributed by atoms with E-state index in [2.05, 4.69) is 5.32 Å². The second-order valence-electron chi connectivity index (χ2n) is 7.41. The molecule has 1 amide bonds. The summed E-state index contributed by atoms with van der Waals surface area (Å²) in [7, 11) is -3.58. The Bertz CT molecular complexity index is 1060. The molecule has 0 spiro atoms. The second-order valence-corrected chi connectivity index (χ2v) is 9.34. The fourth-order valence-corrected chi connectivity index (χ4v) is 4.76. The third-order valence-corrected chi connectivity index (χ3v) is 6.77. The number of anilines is 1. The lowest BCUT2D eigenvalue weighted by Crippen LogP contribution is -2.28. The highest BCUT2D eigenvalue weighted by atomic mass is 32.2. The maximum Gasteiger partial charge on any atom is 0.344 e. The third kappa shape index (κ3) is 6.05. The Balaban J connectivity index is 1.50. The Morgan fingerprint density at radius 2 is 1.77 bits per heavy atom. The normalized spacial score (nSPS) is 14.3. The van der Waals surface area contributed by atoms with E-state index in [1.165, 1.54) is 16.4 Å². The number of amides is 1. The SMILES string of the molecule is Cc1ccc(C)c(OCC(=O)OCC(=O)Nc2cccc(S(=O)(=O)N3CCCC3)c2)c1. The van der Waals surface area contributed by atoms with E-state index in [-0.39, 0.29) is 11.5 Å². The molecule has 9 heteroatoms. The third-order valence-electron chi connectivity index (χ3n) is 4.87. The minimum atomic E-state index is -3.58. The number of hydrogen-bond acceptors (Lipinski definition) is 6. The van der Waals surface area contributed by atoms with E-state index in [0.717, 1.165) is 24.0 Å². The van der Waals surface area contributed by atoms with Crippen LogP contribution in [-0.2, 0) is 24.3 Å². The lowest BCUT2D eigenvalue weighted by atomic mass is 10.1. The number of esters is 1. The topological polar surface area (TPSA) is 102 Å². The summed E-state index contributed by atoms with van der Waals surface area (Å²) in [6.45, 7) is 3.96. The Morgan fingerprint density at radius 1 is 1.03 bits per heavy atom. The molecule has 1 saturated heterocycles. The molecule has 166 valence electrons. The van der Waals surface area contributed by atoms with Gasteiger partial charge in [-0.1, -0.05) is 18.2 Å². The molecule has 31 heavy (non-hydrogen) atoms. The van der Waals surface area contributed by atoms with Gasteiger partial charge in [-0.15, -0.1) is 0 Å². The summed E-state index contributed by atoms with van der Waals surface area (Å²) >= 11 is 0. The molecule has 0 radical (unpaired) electrons. The van der Waals surface area contributed by atoms with Gasteiger partial charge in [-0.25, -0.2) is 13.2 Å². The fourth-order valence-electron chi connectivity index (χ4n) is 3.20. The van der Waals surface area contributed by atoms with Gasteiger partial charge in [0.25, 0.3) is 5.91 Å². The van der Waals surface area contributed by atoms with Crippen LogP contribution in [0, 0.1) is 13.8 Å². The van der Waals surface area contributed by atoms with Gasteiger partial charge in [0, 0.05) is 18.8 Å². The summed E-state index contributed by atoms with van der Waals surface area (Å²) in [5.41, 5.74) is 2.20. The summed E-state index contributed by atoms with van der Waals surface area (Å²) < 4.78 is 37.1. The molecular weight excluding hydrogens is 420 g/mol. The minimum Gasteiger partial charge on any atom is -0.482 e. The molecule has 0 atom stereocenters. The molecule has 8 nitrogen and oxygen atoms in total. The number of nitrogens with zero attached hydrogens (tertiary/aromatic N) is 1. The fraction of sp³-hybridized carbons (Fsp3) is 0.364. The Kier molecular flexibility index (Phi) is 7.29. The van der Waals surface area contributed by atoms with Gasteiger partial charge in [0.2, 0.25) is 10.0 Å². The van der Waals surface area contributed by atoms with Gasteiger partial charge in [0.1, 0.15) is 5.75 Å². The zero-order valence-electron chi connectivity index (χ0n) is 17.6. The van der Waals surface area contributed by atoms with Crippen LogP contribution in [0.4, 0.5) is 5.69 Å². The highest BCUT2D eigenvalue weighted by molar-refractivity contribution is 7.89. The van der Waals surface area contributed by atoms with E-state index in [1.54, 1.807) is 12.1 Å². The van der Waals surface area contributed by atoms with Crippen LogP contribution in [-0.4, -0.2) is 50.9 Å². The molecule has 1 aliphatic heterocycles. The summed E-state index contributed by atoms with van der Waals surface area (Å²) in [5, 5.41) is 2.55. The van der Waals surface area contributed by atoms with Crippen LogP contribution in [0.15, 0.2) is 47.4 Å². The lowest BCUT2D eigenvalue weighted by molar-refractivity contribution is -0.149. The molecule has 1 aliphatic rings. The largest absolute Gasteiger partial charge is 0.482 e. The first kappa shape index (κ1) is 22.8. The van der Waals surface area contributed by atoms with Crippen molar-refractivity contribution in [1.29, 1.82) is 0 Å². The average molecular weight is 447 g/mol. The van der Waals surface area contributed by atoms with Gasteiger partial charge in [-0.05, 0) is 62.1 Å². The number of rotatable bonds is 8. The van der Waals surface area contributed by atoms with Crippen molar-refractivity contribution in [3.05, 3.63) is 53.6 Å². The maximum absolute atomic E-state index is 12.7. The number of aryl methyl sites for hydroxylation is 2. The van der Waals surface area contributed by atoms with Gasteiger partial charge in [-0.3, -0.25) is 4.79 Å². The molecule has 2 aromatic rings. The Morgan fingerprint density at radius 3 is 2.52 bits per heavy atom. The number of ether oxygens (including phenoxy) is 2. The Hall–Kier alpha value is -2.91. The number of sulfonamides is 1. The molecule has 0 saturated carbocycles. The number of benzene rings is 2. The van der Waals surface area contributed by atoms with Gasteiger partial charge in [-0.2, -0.15) is 4.31 Å². The summed E-state index contributed by atoms with van der Waals surface area (Å²) in [6.07, 6.45) is 1.68. The van der Waals surface area contributed by atoms with Crippen molar-refractivity contribution < 1.29 is 27.5 Å². The van der Waals surface area contributed by atoms with E-state index >= 15 is 0 Å². The van der Waals surface area contributed by atoms with E-state index in [4.69, 9.17) is 9.47 Å². The predicted octanol–water partition coefficient (Wildman–Crippen LogP) is 2.65. The van der Waals surface area contributed by atoms with Gasteiger partial charge in [0.15, 0.2) is 13.2 Å². The number of carbonyl (C=O) groups is 2. The molecular formula is C22H26N2O6S. The van der Waals surface area contributed by atoms with Crippen molar-refractivity contribution in [3.8, 4) is 5.75 Å². The van der Waals surface area contributed by atoms with E-state index in [0.29, 0.717) is 24.5 Å². The maximum atomic E-state index is 12.7. The van der Waals surface area contributed by atoms with Crippen LogP contribution in [0.25, 0.3) is 0 Å². The van der Waals surface area contributed by atoms with Crippen molar-refractivity contribution in [3.63, 3.8) is 0 Å². The smallest absolute Gasteiger partial charge is 0.344 e. The molecule has 1 heterocycles. The first-order chi connectivity index (χ1) is 14.8. The highest BCUT2D eigenvalue weighted by Gasteiger charge is 2.27. The summed E-state index contributed by atoms with van der Waals surface area (Å²) in [6, 6.07) is 11.7. The molecule has 0 bridgehead atoms. The number of hydrogen-bond donors (Lipinski definition) is 1. The summed E-state index contributed by atoms with van der Waals surface area (Å²) in [5.74, 6) is -0.672. The monoisotopic (exact) mass is 446 g/mol. The highest BCUT2D eigenvalue weighted by Crippen LogP contribution is 2.23. The molecule has 2 aromatic carbocycles. The number of carbonyl (C=O) groups excluding carboxylic acids is 2. The zero-order valence-corrected chi connectivity index (χ0v) is 18.4. The lowest BCUT2D eigenvalue weighted by Gasteiger charge is -2.16. The van der Waals surface area contributed by atoms with Crippen LogP contribution in [0.1, 0.15) is 24.0 Å². The second kappa shape index (κ2) is 9.93. The minimum absolute atomic E-state index is 0.117. The standard InChI is InChI=1S/C22H26N2O6S/c1-16-8-9-17(2)20(12-16)29-15-22(26)30-14-21(25)23-18-6-5-7-19(13-18)31(27,28)24-10-3-4-11-24/h5-9,12-13H,3-4,10-11,14-15H2,1-2H3,(H,23,25). The first-order valence-electron chi connectivity index (χ1n) is 10.0. The molecule has 0 aliphatic carbocycles. The van der Waals surface area contributed by atoms with Crippen molar-refractivity contribution in [1.82, 2.24) is 4.31 Å². The van der Waals surface area contributed by atoms with Crippen LogP contribution in [0.5, 0.6) is 5.75 Å². The zero-order chi connectivity index (χ0) is 22.4.